The van der Waals surface area contributed by atoms with E-state index in [1.165, 1.54) is 0 Å². The van der Waals surface area contributed by atoms with Crippen molar-refractivity contribution >= 4 is 11.9 Å². The first-order chi connectivity index (χ1) is 8.08. The van der Waals surface area contributed by atoms with Crippen molar-refractivity contribution in [3.63, 3.8) is 0 Å². The van der Waals surface area contributed by atoms with Crippen LogP contribution in [0.2, 0.25) is 0 Å². The van der Waals surface area contributed by atoms with Gasteiger partial charge in [0.2, 0.25) is 5.91 Å². The van der Waals surface area contributed by atoms with Crippen LogP contribution in [0.3, 0.4) is 0 Å². The van der Waals surface area contributed by atoms with Gasteiger partial charge in [-0.1, -0.05) is 19.1 Å². The van der Waals surface area contributed by atoms with E-state index in [0.717, 1.165) is 19.3 Å². The lowest BCUT2D eigenvalue weighted by Crippen LogP contribution is -2.30. The summed E-state index contributed by atoms with van der Waals surface area (Å²) in [6.45, 7) is 2.50. The molecule has 2 N–H and O–H groups in total. The molecule has 0 heterocycles. The van der Waals surface area contributed by atoms with E-state index in [9.17, 15) is 9.59 Å². The molecule has 0 spiro atoms. The van der Waals surface area contributed by atoms with Gasteiger partial charge < -0.3 is 10.4 Å². The van der Waals surface area contributed by atoms with Gasteiger partial charge in [-0.15, -0.1) is 0 Å². The summed E-state index contributed by atoms with van der Waals surface area (Å²) in [5, 5.41) is 11.5. The van der Waals surface area contributed by atoms with Gasteiger partial charge in [-0.2, -0.15) is 0 Å². The lowest BCUT2D eigenvalue weighted by molar-refractivity contribution is -0.138. The number of carbonyl (C=O) groups is 2. The molecule has 1 amide bonds. The Kier molecular flexibility index (Phi) is 5.73. The molecule has 1 rings (SSSR count). The Balaban J connectivity index is 2.16. The fourth-order valence-corrected chi connectivity index (χ4v) is 2.06. The summed E-state index contributed by atoms with van der Waals surface area (Å²) in [5.74, 6) is -0.437. The highest BCUT2D eigenvalue weighted by molar-refractivity contribution is 5.77. The van der Waals surface area contributed by atoms with Crippen molar-refractivity contribution in [1.29, 1.82) is 0 Å². The Hall–Kier alpha value is -1.32. The zero-order chi connectivity index (χ0) is 12.7. The van der Waals surface area contributed by atoms with E-state index in [1.807, 2.05) is 0 Å². The topological polar surface area (TPSA) is 66.4 Å². The molecule has 0 aromatic heterocycles. The summed E-state index contributed by atoms with van der Waals surface area (Å²) in [6, 6.07) is 0. The molecule has 4 heteroatoms. The summed E-state index contributed by atoms with van der Waals surface area (Å²) in [7, 11) is 0. The van der Waals surface area contributed by atoms with E-state index in [0.29, 0.717) is 18.9 Å². The predicted octanol–water partition coefficient (Wildman–Crippen LogP) is 1.96. The molecule has 0 bridgehead atoms. The van der Waals surface area contributed by atoms with Crippen LogP contribution < -0.4 is 5.32 Å². The molecule has 96 valence electrons. The van der Waals surface area contributed by atoms with Crippen molar-refractivity contribution in [3.8, 4) is 0 Å². The van der Waals surface area contributed by atoms with Gasteiger partial charge in [-0.05, 0) is 31.1 Å². The molecule has 0 aliphatic heterocycles. The zero-order valence-corrected chi connectivity index (χ0v) is 10.3. The third-order valence-electron chi connectivity index (χ3n) is 3.02. The average Bonchev–Trinajstić information content (AvgIpc) is 2.26. The van der Waals surface area contributed by atoms with Gasteiger partial charge in [0.1, 0.15) is 0 Å². The average molecular weight is 239 g/mol. The van der Waals surface area contributed by atoms with Gasteiger partial charge in [0.25, 0.3) is 0 Å². The standard InChI is InChI=1S/C13H21NO3/c1-10(8-13(16)17)7-12(15)14-9-11-5-3-2-4-6-11/h2-3,10-11H,4-9H2,1H3,(H,14,15)(H,16,17). The Morgan fingerprint density at radius 1 is 1.41 bits per heavy atom. The van der Waals surface area contributed by atoms with E-state index < -0.39 is 5.97 Å². The van der Waals surface area contributed by atoms with E-state index in [4.69, 9.17) is 5.11 Å². The van der Waals surface area contributed by atoms with Crippen LogP contribution in [0.15, 0.2) is 12.2 Å². The molecular weight excluding hydrogens is 218 g/mol. The summed E-state index contributed by atoms with van der Waals surface area (Å²) in [6.07, 6.45) is 7.94. The summed E-state index contributed by atoms with van der Waals surface area (Å²) in [4.78, 5) is 22.0. The van der Waals surface area contributed by atoms with Crippen molar-refractivity contribution < 1.29 is 14.7 Å². The van der Waals surface area contributed by atoms with E-state index in [2.05, 4.69) is 17.5 Å². The minimum absolute atomic E-state index is 0.0340. The maximum atomic E-state index is 11.6. The van der Waals surface area contributed by atoms with Gasteiger partial charge in [0.05, 0.1) is 0 Å². The number of hydrogen-bond donors (Lipinski definition) is 2. The van der Waals surface area contributed by atoms with Crippen molar-refractivity contribution in [2.45, 2.75) is 39.0 Å². The largest absolute Gasteiger partial charge is 0.481 e. The number of aliphatic carboxylic acids is 1. The Morgan fingerprint density at radius 2 is 2.18 bits per heavy atom. The SMILES string of the molecule is CC(CC(=O)O)CC(=O)NCC1CC=CCC1. The zero-order valence-electron chi connectivity index (χ0n) is 10.3. The number of carboxylic acids is 1. The molecule has 1 aliphatic carbocycles. The molecule has 0 fully saturated rings. The fraction of sp³-hybridized carbons (Fsp3) is 0.692. The molecule has 17 heavy (non-hydrogen) atoms. The molecule has 0 radical (unpaired) electrons. The maximum absolute atomic E-state index is 11.6. The molecule has 1 aliphatic rings. The fourth-order valence-electron chi connectivity index (χ4n) is 2.06. The minimum atomic E-state index is -0.845. The first kappa shape index (κ1) is 13.7. The quantitative estimate of drug-likeness (QED) is 0.696. The second-order valence-corrected chi connectivity index (χ2v) is 4.86. The number of hydrogen-bond acceptors (Lipinski definition) is 2. The van der Waals surface area contributed by atoms with Crippen molar-refractivity contribution in [2.75, 3.05) is 6.54 Å². The molecular formula is C13H21NO3. The van der Waals surface area contributed by atoms with Gasteiger partial charge in [-0.3, -0.25) is 9.59 Å². The van der Waals surface area contributed by atoms with Gasteiger partial charge >= 0.3 is 5.97 Å². The highest BCUT2D eigenvalue weighted by atomic mass is 16.4. The molecule has 2 atom stereocenters. The first-order valence-electron chi connectivity index (χ1n) is 6.21. The number of nitrogens with one attached hydrogen (secondary N) is 1. The van der Waals surface area contributed by atoms with Gasteiger partial charge in [-0.25, -0.2) is 0 Å². The van der Waals surface area contributed by atoms with Crippen LogP contribution in [0.4, 0.5) is 0 Å². The number of rotatable bonds is 6. The molecule has 2 unspecified atom stereocenters. The minimum Gasteiger partial charge on any atom is -0.481 e. The third kappa shape index (κ3) is 6.09. The van der Waals surface area contributed by atoms with Crippen molar-refractivity contribution in [3.05, 3.63) is 12.2 Å². The van der Waals surface area contributed by atoms with E-state index >= 15 is 0 Å². The second-order valence-electron chi connectivity index (χ2n) is 4.86. The highest BCUT2D eigenvalue weighted by Crippen LogP contribution is 2.17. The lowest BCUT2D eigenvalue weighted by Gasteiger charge is -2.18. The first-order valence-corrected chi connectivity index (χ1v) is 6.21. The third-order valence-corrected chi connectivity index (χ3v) is 3.02. The van der Waals surface area contributed by atoms with Gasteiger partial charge in [0.15, 0.2) is 0 Å². The van der Waals surface area contributed by atoms with Crippen molar-refractivity contribution in [1.82, 2.24) is 5.32 Å². The summed E-state index contributed by atoms with van der Waals surface area (Å²) < 4.78 is 0. The van der Waals surface area contributed by atoms with Gasteiger partial charge in [0, 0.05) is 19.4 Å². The number of carbonyl (C=O) groups excluding carboxylic acids is 1. The summed E-state index contributed by atoms with van der Waals surface area (Å²) in [5.41, 5.74) is 0. The van der Waals surface area contributed by atoms with Crippen LogP contribution in [0.1, 0.15) is 39.0 Å². The molecule has 0 aromatic carbocycles. The van der Waals surface area contributed by atoms with Crippen LogP contribution in [0, 0.1) is 11.8 Å². The summed E-state index contributed by atoms with van der Waals surface area (Å²) >= 11 is 0. The van der Waals surface area contributed by atoms with Crippen LogP contribution >= 0.6 is 0 Å². The van der Waals surface area contributed by atoms with Crippen LogP contribution in [0.25, 0.3) is 0 Å². The normalized spacial score (nSPS) is 20.9. The Bertz CT molecular complexity index is 299. The molecule has 0 saturated carbocycles. The molecule has 4 nitrogen and oxygen atoms in total. The Labute approximate surface area is 102 Å². The van der Waals surface area contributed by atoms with Crippen molar-refractivity contribution in [2.24, 2.45) is 11.8 Å². The van der Waals surface area contributed by atoms with E-state index in [-0.39, 0.29) is 18.2 Å². The maximum Gasteiger partial charge on any atom is 0.303 e. The predicted molar refractivity (Wildman–Crippen MR) is 65.5 cm³/mol. The van der Waals surface area contributed by atoms with Crippen LogP contribution in [-0.2, 0) is 9.59 Å². The van der Waals surface area contributed by atoms with Crippen LogP contribution in [-0.4, -0.2) is 23.5 Å². The number of amides is 1. The lowest BCUT2D eigenvalue weighted by atomic mass is 9.94. The van der Waals surface area contributed by atoms with E-state index in [1.54, 1.807) is 6.92 Å². The molecule has 0 saturated heterocycles. The monoisotopic (exact) mass is 239 g/mol. The number of allylic oxidation sites excluding steroid dienone is 2. The Morgan fingerprint density at radius 3 is 2.76 bits per heavy atom. The highest BCUT2D eigenvalue weighted by Gasteiger charge is 2.14. The second kappa shape index (κ2) is 7.09. The smallest absolute Gasteiger partial charge is 0.303 e. The number of carboxylic acid groups (broad SMARTS) is 1. The molecule has 0 aromatic rings. The van der Waals surface area contributed by atoms with Crippen LogP contribution in [0.5, 0.6) is 0 Å².